The van der Waals surface area contributed by atoms with Gasteiger partial charge < -0.3 is 10.1 Å². The summed E-state index contributed by atoms with van der Waals surface area (Å²) in [5.41, 5.74) is 0. The molecule has 1 aliphatic carbocycles. The maximum atomic E-state index is 11.9. The van der Waals surface area contributed by atoms with Crippen LogP contribution >= 0.6 is 0 Å². The molecule has 1 saturated carbocycles. The van der Waals surface area contributed by atoms with Crippen molar-refractivity contribution in [2.75, 3.05) is 20.2 Å². The van der Waals surface area contributed by atoms with E-state index in [1.54, 1.807) is 0 Å². The van der Waals surface area contributed by atoms with Crippen molar-refractivity contribution in [1.29, 1.82) is 0 Å². The Morgan fingerprint density at radius 2 is 2.00 bits per heavy atom. The zero-order chi connectivity index (χ0) is 10.4. The van der Waals surface area contributed by atoms with Crippen LogP contribution in [0.25, 0.3) is 0 Å². The average Bonchev–Trinajstić information content (AvgIpc) is 2.64. The van der Waals surface area contributed by atoms with Crippen LogP contribution in [0, 0.1) is 11.8 Å². The van der Waals surface area contributed by atoms with Gasteiger partial charge in [-0.15, -0.1) is 0 Å². The molecule has 0 spiro atoms. The summed E-state index contributed by atoms with van der Waals surface area (Å²) in [6.45, 7) is -1.67. The summed E-state index contributed by atoms with van der Waals surface area (Å²) in [5, 5.41) is 3.04. The molecule has 1 N–H and O–H groups in total. The number of hydrogen-bond acceptors (Lipinski definition) is 2. The largest absolute Gasteiger partial charge is 0.345 e. The van der Waals surface area contributed by atoms with Gasteiger partial charge in [-0.3, -0.25) is 0 Å². The van der Waals surface area contributed by atoms with Crippen LogP contribution in [0.4, 0.5) is 8.78 Å². The van der Waals surface area contributed by atoms with E-state index in [0.717, 1.165) is 6.54 Å². The summed E-state index contributed by atoms with van der Waals surface area (Å²) in [5.74, 6) is 0.817. The fourth-order valence-electron chi connectivity index (χ4n) is 2.25. The van der Waals surface area contributed by atoms with Gasteiger partial charge in [0.2, 0.25) is 0 Å². The van der Waals surface area contributed by atoms with Crippen molar-refractivity contribution >= 4 is 0 Å². The van der Waals surface area contributed by atoms with Gasteiger partial charge in [-0.1, -0.05) is 25.7 Å². The quantitative estimate of drug-likeness (QED) is 0.721. The van der Waals surface area contributed by atoms with Crippen LogP contribution in [0.5, 0.6) is 0 Å². The van der Waals surface area contributed by atoms with Gasteiger partial charge in [0.05, 0.1) is 6.61 Å². The molecule has 0 bridgehead atoms. The van der Waals surface area contributed by atoms with Crippen molar-refractivity contribution in [3.05, 3.63) is 0 Å². The van der Waals surface area contributed by atoms with Crippen molar-refractivity contribution in [2.45, 2.75) is 32.3 Å². The lowest BCUT2D eigenvalue weighted by atomic mass is 9.91. The van der Waals surface area contributed by atoms with E-state index in [2.05, 4.69) is 10.1 Å². The van der Waals surface area contributed by atoms with E-state index in [0.29, 0.717) is 5.92 Å². The SMILES string of the molecule is CNCC(COC(F)F)C1CCCC1. The first-order valence-corrected chi connectivity index (χ1v) is 5.28. The highest BCUT2D eigenvalue weighted by molar-refractivity contribution is 4.76. The molecule has 1 fully saturated rings. The number of ether oxygens (including phenoxy) is 1. The van der Waals surface area contributed by atoms with Crippen LogP contribution in [-0.4, -0.2) is 26.8 Å². The molecule has 4 heteroatoms. The Labute approximate surface area is 84.0 Å². The highest BCUT2D eigenvalue weighted by Gasteiger charge is 2.25. The molecule has 0 saturated heterocycles. The second-order valence-electron chi connectivity index (χ2n) is 3.96. The molecule has 14 heavy (non-hydrogen) atoms. The number of alkyl halides is 2. The second-order valence-corrected chi connectivity index (χ2v) is 3.96. The average molecular weight is 207 g/mol. The third kappa shape index (κ3) is 3.88. The summed E-state index contributed by atoms with van der Waals surface area (Å²) in [6.07, 6.45) is 4.80. The fraction of sp³-hybridized carbons (Fsp3) is 1.00. The van der Waals surface area contributed by atoms with Gasteiger partial charge in [0, 0.05) is 6.54 Å². The Morgan fingerprint density at radius 3 is 2.50 bits per heavy atom. The highest BCUT2D eigenvalue weighted by Crippen LogP contribution is 2.31. The second kappa shape index (κ2) is 6.30. The molecule has 84 valence electrons. The first-order chi connectivity index (χ1) is 6.74. The molecule has 1 unspecified atom stereocenters. The van der Waals surface area contributed by atoms with E-state index in [4.69, 9.17) is 0 Å². The van der Waals surface area contributed by atoms with Crippen molar-refractivity contribution in [2.24, 2.45) is 11.8 Å². The number of rotatable bonds is 6. The lowest BCUT2D eigenvalue weighted by Gasteiger charge is -2.22. The highest BCUT2D eigenvalue weighted by atomic mass is 19.3. The number of nitrogens with one attached hydrogen (secondary N) is 1. The van der Waals surface area contributed by atoms with Gasteiger partial charge in [0.25, 0.3) is 0 Å². The minimum atomic E-state index is -2.63. The summed E-state index contributed by atoms with van der Waals surface area (Å²) >= 11 is 0. The van der Waals surface area contributed by atoms with Crippen LogP contribution in [0.1, 0.15) is 25.7 Å². The summed E-state index contributed by atoms with van der Waals surface area (Å²) in [6, 6.07) is 0. The maximum Gasteiger partial charge on any atom is 0.345 e. The van der Waals surface area contributed by atoms with Crippen molar-refractivity contribution in [1.82, 2.24) is 5.32 Å². The van der Waals surface area contributed by atoms with Gasteiger partial charge in [0.15, 0.2) is 0 Å². The van der Waals surface area contributed by atoms with Crippen LogP contribution in [0.2, 0.25) is 0 Å². The Balaban J connectivity index is 2.29. The zero-order valence-electron chi connectivity index (χ0n) is 8.64. The van der Waals surface area contributed by atoms with Gasteiger partial charge in [0.1, 0.15) is 0 Å². The molecule has 1 rings (SSSR count). The number of halogens is 2. The standard InChI is InChI=1S/C10H19F2NO/c1-13-6-9(7-14-10(11)12)8-4-2-3-5-8/h8-10,13H,2-7H2,1H3. The lowest BCUT2D eigenvalue weighted by molar-refractivity contribution is -0.141. The molecule has 0 aromatic rings. The molecular formula is C10H19F2NO. The Morgan fingerprint density at radius 1 is 1.36 bits per heavy atom. The molecule has 2 nitrogen and oxygen atoms in total. The van der Waals surface area contributed by atoms with E-state index in [-0.39, 0.29) is 12.5 Å². The fourth-order valence-corrected chi connectivity index (χ4v) is 2.25. The van der Waals surface area contributed by atoms with E-state index in [1.165, 1.54) is 25.7 Å². The molecule has 1 atom stereocenters. The van der Waals surface area contributed by atoms with Crippen LogP contribution < -0.4 is 5.32 Å². The van der Waals surface area contributed by atoms with Gasteiger partial charge in [-0.2, -0.15) is 8.78 Å². The van der Waals surface area contributed by atoms with Crippen molar-refractivity contribution in [3.8, 4) is 0 Å². The Kier molecular flexibility index (Phi) is 5.33. The third-order valence-electron chi connectivity index (χ3n) is 2.97. The zero-order valence-corrected chi connectivity index (χ0v) is 8.64. The summed E-state index contributed by atoms with van der Waals surface area (Å²) < 4.78 is 28.2. The molecule has 0 amide bonds. The summed E-state index contributed by atoms with van der Waals surface area (Å²) in [7, 11) is 1.85. The molecule has 0 aromatic carbocycles. The molecule has 0 heterocycles. The minimum absolute atomic E-state index is 0.184. The van der Waals surface area contributed by atoms with Gasteiger partial charge in [-0.25, -0.2) is 0 Å². The van der Waals surface area contributed by atoms with Crippen LogP contribution in [-0.2, 0) is 4.74 Å². The minimum Gasteiger partial charge on any atom is -0.323 e. The normalized spacial score (nSPS) is 20.6. The van der Waals surface area contributed by atoms with Gasteiger partial charge >= 0.3 is 6.61 Å². The maximum absolute atomic E-state index is 11.9. The smallest absolute Gasteiger partial charge is 0.323 e. The van der Waals surface area contributed by atoms with E-state index < -0.39 is 6.61 Å². The third-order valence-corrected chi connectivity index (χ3v) is 2.97. The van der Waals surface area contributed by atoms with E-state index in [9.17, 15) is 8.78 Å². The van der Waals surface area contributed by atoms with Crippen molar-refractivity contribution in [3.63, 3.8) is 0 Å². The first kappa shape index (κ1) is 11.9. The number of hydrogen-bond donors (Lipinski definition) is 1. The topological polar surface area (TPSA) is 21.3 Å². The molecular weight excluding hydrogens is 188 g/mol. The summed E-state index contributed by atoms with van der Waals surface area (Å²) in [4.78, 5) is 0. The van der Waals surface area contributed by atoms with E-state index in [1.807, 2.05) is 7.05 Å². The Hall–Kier alpha value is -0.220. The molecule has 0 radical (unpaired) electrons. The first-order valence-electron chi connectivity index (χ1n) is 5.28. The Bertz CT molecular complexity index is 149. The van der Waals surface area contributed by atoms with Crippen molar-refractivity contribution < 1.29 is 13.5 Å². The van der Waals surface area contributed by atoms with Crippen LogP contribution in [0.15, 0.2) is 0 Å². The van der Waals surface area contributed by atoms with Crippen LogP contribution in [0.3, 0.4) is 0 Å². The predicted molar refractivity (Wildman–Crippen MR) is 51.3 cm³/mol. The van der Waals surface area contributed by atoms with Gasteiger partial charge in [-0.05, 0) is 18.9 Å². The monoisotopic (exact) mass is 207 g/mol. The van der Waals surface area contributed by atoms with E-state index >= 15 is 0 Å². The predicted octanol–water partition coefficient (Wildman–Crippen LogP) is 2.25. The lowest BCUT2D eigenvalue weighted by Crippen LogP contribution is -2.29. The molecule has 0 aromatic heterocycles. The molecule has 1 aliphatic rings. The molecule has 0 aliphatic heterocycles.